The van der Waals surface area contributed by atoms with Gasteiger partial charge in [0.05, 0.1) is 20.3 Å². The topological polar surface area (TPSA) is 67.9 Å². The molecule has 1 heterocycles. The highest BCUT2D eigenvalue weighted by atomic mass is 79.9. The molecular weight excluding hydrogens is 431 g/mol. The van der Waals surface area contributed by atoms with Crippen molar-refractivity contribution in [2.24, 2.45) is 0 Å². The van der Waals surface area contributed by atoms with Crippen LogP contribution >= 0.6 is 15.9 Å². The number of halogens is 2. The first-order valence-corrected chi connectivity index (χ1v) is 9.31. The number of imide groups is 1. The maximum atomic E-state index is 13.0. The Balaban J connectivity index is 1.87. The fourth-order valence-electron chi connectivity index (χ4n) is 2.73. The van der Waals surface area contributed by atoms with E-state index in [0.717, 1.165) is 4.90 Å². The van der Waals surface area contributed by atoms with Gasteiger partial charge < -0.3 is 14.8 Å². The van der Waals surface area contributed by atoms with Crippen LogP contribution in [-0.4, -0.2) is 30.6 Å². The molecule has 3 amide bonds. The van der Waals surface area contributed by atoms with Crippen molar-refractivity contribution in [2.75, 3.05) is 13.7 Å². The normalized spacial score (nSPS) is 15.1. The van der Waals surface area contributed by atoms with Gasteiger partial charge in [-0.25, -0.2) is 9.18 Å². The van der Waals surface area contributed by atoms with E-state index < -0.39 is 11.9 Å². The van der Waals surface area contributed by atoms with E-state index in [1.54, 1.807) is 18.2 Å². The second-order valence-corrected chi connectivity index (χ2v) is 6.82. The molecule has 0 atom stereocenters. The van der Waals surface area contributed by atoms with Crippen LogP contribution in [0, 0.1) is 5.82 Å². The molecular formula is C20H18BrFN2O4. The van der Waals surface area contributed by atoms with Crippen molar-refractivity contribution in [3.8, 4) is 11.5 Å². The number of ether oxygens (including phenoxy) is 2. The molecule has 2 aromatic rings. The van der Waals surface area contributed by atoms with Gasteiger partial charge in [-0.05, 0) is 48.4 Å². The Labute approximate surface area is 170 Å². The number of amides is 3. The van der Waals surface area contributed by atoms with E-state index in [0.29, 0.717) is 33.7 Å². The monoisotopic (exact) mass is 448 g/mol. The van der Waals surface area contributed by atoms with Crippen LogP contribution in [0.15, 0.2) is 46.6 Å². The molecule has 0 spiro atoms. The second-order valence-electron chi connectivity index (χ2n) is 5.96. The summed E-state index contributed by atoms with van der Waals surface area (Å²) in [6.07, 6.45) is 1.57. The third kappa shape index (κ3) is 4.17. The van der Waals surface area contributed by atoms with Crippen LogP contribution in [-0.2, 0) is 11.3 Å². The van der Waals surface area contributed by atoms with Gasteiger partial charge in [0.1, 0.15) is 11.5 Å². The average molecular weight is 449 g/mol. The Morgan fingerprint density at radius 3 is 2.54 bits per heavy atom. The van der Waals surface area contributed by atoms with Gasteiger partial charge in [0.15, 0.2) is 11.5 Å². The molecule has 1 fully saturated rings. The summed E-state index contributed by atoms with van der Waals surface area (Å²) >= 11 is 3.44. The number of benzene rings is 2. The molecule has 0 saturated carbocycles. The highest BCUT2D eigenvalue weighted by molar-refractivity contribution is 9.10. The molecule has 2 aromatic carbocycles. The molecule has 1 saturated heterocycles. The summed E-state index contributed by atoms with van der Waals surface area (Å²) in [5.41, 5.74) is 1.44. The van der Waals surface area contributed by atoms with E-state index in [4.69, 9.17) is 9.47 Å². The molecule has 1 aliphatic heterocycles. The number of methoxy groups -OCH3 is 1. The molecule has 1 aliphatic rings. The number of rotatable bonds is 6. The van der Waals surface area contributed by atoms with Gasteiger partial charge >= 0.3 is 6.03 Å². The summed E-state index contributed by atoms with van der Waals surface area (Å²) in [7, 11) is 1.54. The van der Waals surface area contributed by atoms with Crippen molar-refractivity contribution < 1.29 is 23.5 Å². The largest absolute Gasteiger partial charge is 0.493 e. The van der Waals surface area contributed by atoms with Gasteiger partial charge in [-0.15, -0.1) is 0 Å². The predicted molar refractivity (Wildman–Crippen MR) is 105 cm³/mol. The lowest BCUT2D eigenvalue weighted by atomic mass is 10.1. The highest BCUT2D eigenvalue weighted by Gasteiger charge is 2.33. The van der Waals surface area contributed by atoms with Crippen molar-refractivity contribution in [2.45, 2.75) is 13.5 Å². The second kappa shape index (κ2) is 8.43. The van der Waals surface area contributed by atoms with E-state index in [9.17, 15) is 14.0 Å². The minimum atomic E-state index is -0.532. The van der Waals surface area contributed by atoms with E-state index >= 15 is 0 Å². The van der Waals surface area contributed by atoms with E-state index in [-0.39, 0.29) is 18.1 Å². The van der Waals surface area contributed by atoms with Crippen LogP contribution in [0.2, 0.25) is 0 Å². The minimum absolute atomic E-state index is 0.0518. The quantitative estimate of drug-likeness (QED) is 0.533. The summed E-state index contributed by atoms with van der Waals surface area (Å²) in [5.74, 6) is 0.238. The Kier molecular flexibility index (Phi) is 5.99. The van der Waals surface area contributed by atoms with Crippen molar-refractivity contribution in [3.63, 3.8) is 0 Å². The summed E-state index contributed by atoms with van der Waals surface area (Å²) in [5, 5.41) is 2.57. The van der Waals surface area contributed by atoms with Crippen LogP contribution in [0.5, 0.6) is 11.5 Å². The summed E-state index contributed by atoms with van der Waals surface area (Å²) < 4.78 is 24.6. The van der Waals surface area contributed by atoms with Gasteiger partial charge in [-0.2, -0.15) is 0 Å². The molecule has 146 valence electrons. The summed E-state index contributed by atoms with van der Waals surface area (Å²) in [6, 6.07) is 8.56. The highest BCUT2D eigenvalue weighted by Crippen LogP contribution is 2.35. The first-order chi connectivity index (χ1) is 13.4. The van der Waals surface area contributed by atoms with Crippen LogP contribution in [0.25, 0.3) is 6.08 Å². The molecule has 3 rings (SSSR count). The Hall–Kier alpha value is -2.87. The van der Waals surface area contributed by atoms with E-state index in [1.807, 2.05) is 6.92 Å². The zero-order valence-corrected chi connectivity index (χ0v) is 16.9. The zero-order valence-electron chi connectivity index (χ0n) is 15.3. The number of carbonyl (C=O) groups is 2. The van der Waals surface area contributed by atoms with Crippen LogP contribution in [0.3, 0.4) is 0 Å². The number of hydrogen-bond donors (Lipinski definition) is 1. The standard InChI is InChI=1S/C20H18BrFN2O4/c1-3-28-18-9-13(15(21)10-17(18)27-2)8-16-19(25)24(20(26)23-16)11-12-4-6-14(22)7-5-12/h4-10H,3,11H2,1-2H3,(H,23,26)/b16-8+. The molecule has 0 aromatic heterocycles. The van der Waals surface area contributed by atoms with Gasteiger partial charge in [-0.3, -0.25) is 9.69 Å². The average Bonchev–Trinajstić information content (AvgIpc) is 2.93. The van der Waals surface area contributed by atoms with Crippen LogP contribution < -0.4 is 14.8 Å². The van der Waals surface area contributed by atoms with Crippen molar-refractivity contribution in [1.82, 2.24) is 10.2 Å². The van der Waals surface area contributed by atoms with Gasteiger partial charge in [0.25, 0.3) is 5.91 Å². The zero-order chi connectivity index (χ0) is 20.3. The maximum Gasteiger partial charge on any atom is 0.329 e. The lowest BCUT2D eigenvalue weighted by molar-refractivity contribution is -0.123. The first kappa shape index (κ1) is 19.9. The number of hydrogen-bond acceptors (Lipinski definition) is 4. The maximum absolute atomic E-state index is 13.0. The lowest BCUT2D eigenvalue weighted by Crippen LogP contribution is -2.30. The van der Waals surface area contributed by atoms with E-state index in [1.165, 1.54) is 31.4 Å². The molecule has 8 heteroatoms. The van der Waals surface area contributed by atoms with Gasteiger partial charge in [0, 0.05) is 4.47 Å². The predicted octanol–water partition coefficient (Wildman–Crippen LogP) is 4.09. The molecule has 6 nitrogen and oxygen atoms in total. The Morgan fingerprint density at radius 2 is 1.89 bits per heavy atom. The number of urea groups is 1. The third-order valence-corrected chi connectivity index (χ3v) is 4.79. The molecule has 28 heavy (non-hydrogen) atoms. The van der Waals surface area contributed by atoms with Gasteiger partial charge in [0.2, 0.25) is 0 Å². The van der Waals surface area contributed by atoms with Gasteiger partial charge in [-0.1, -0.05) is 28.1 Å². The molecule has 0 unspecified atom stereocenters. The fourth-order valence-corrected chi connectivity index (χ4v) is 3.17. The number of nitrogens with one attached hydrogen (secondary N) is 1. The third-order valence-electron chi connectivity index (χ3n) is 4.10. The molecule has 0 bridgehead atoms. The smallest absolute Gasteiger partial charge is 0.329 e. The fraction of sp³-hybridized carbons (Fsp3) is 0.200. The number of carbonyl (C=O) groups excluding carboxylic acids is 2. The summed E-state index contributed by atoms with van der Waals surface area (Å²) in [4.78, 5) is 26.0. The lowest BCUT2D eigenvalue weighted by Gasteiger charge is -2.12. The molecule has 0 aliphatic carbocycles. The Bertz CT molecular complexity index is 944. The summed E-state index contributed by atoms with van der Waals surface area (Å²) in [6.45, 7) is 2.36. The van der Waals surface area contributed by atoms with Crippen molar-refractivity contribution in [3.05, 3.63) is 63.5 Å². The van der Waals surface area contributed by atoms with Crippen LogP contribution in [0.4, 0.5) is 9.18 Å². The minimum Gasteiger partial charge on any atom is -0.493 e. The van der Waals surface area contributed by atoms with E-state index in [2.05, 4.69) is 21.2 Å². The SMILES string of the molecule is CCOc1cc(/C=C2/NC(=O)N(Cc3ccc(F)cc3)C2=O)c(Br)cc1OC. The van der Waals surface area contributed by atoms with Crippen molar-refractivity contribution in [1.29, 1.82) is 0 Å². The Morgan fingerprint density at radius 1 is 1.18 bits per heavy atom. The van der Waals surface area contributed by atoms with Crippen molar-refractivity contribution >= 4 is 33.9 Å². The van der Waals surface area contributed by atoms with Crippen LogP contribution in [0.1, 0.15) is 18.1 Å². The first-order valence-electron chi connectivity index (χ1n) is 8.52. The molecule has 1 N–H and O–H groups in total. The molecule has 0 radical (unpaired) electrons. The number of nitrogens with zero attached hydrogens (tertiary/aromatic N) is 1.